The van der Waals surface area contributed by atoms with Crippen molar-refractivity contribution in [2.75, 3.05) is 5.43 Å². The summed E-state index contributed by atoms with van der Waals surface area (Å²) in [5, 5.41) is 3.98. The molecule has 1 N–H and O–H groups in total. The molecule has 0 radical (unpaired) electrons. The minimum absolute atomic E-state index is 0.224. The quantitative estimate of drug-likeness (QED) is 0.509. The van der Waals surface area contributed by atoms with Crippen molar-refractivity contribution in [2.24, 2.45) is 5.10 Å². The molecule has 0 saturated heterocycles. The average molecular weight is 254 g/mol. The third-order valence-electron chi connectivity index (χ3n) is 2.11. The van der Waals surface area contributed by atoms with Crippen LogP contribution in [0.3, 0.4) is 0 Å². The first kappa shape index (κ1) is 12.7. The van der Waals surface area contributed by atoms with Gasteiger partial charge in [0.2, 0.25) is 5.95 Å². The Morgan fingerprint density at radius 2 is 1.89 bits per heavy atom. The molecule has 1 aromatic heterocycles. The fourth-order valence-corrected chi connectivity index (χ4v) is 1.22. The van der Waals surface area contributed by atoms with Crippen LogP contribution in [0.15, 0.2) is 47.8 Å². The van der Waals surface area contributed by atoms with E-state index in [1.807, 2.05) is 30.3 Å². The predicted octanol–water partition coefficient (Wildman–Crippen LogP) is 2.46. The molecule has 5 heteroatoms. The van der Waals surface area contributed by atoms with E-state index >= 15 is 0 Å². The van der Waals surface area contributed by atoms with Crippen LogP contribution in [-0.2, 0) is 0 Å². The van der Waals surface area contributed by atoms with Crippen molar-refractivity contribution in [1.29, 1.82) is 0 Å². The highest BCUT2D eigenvalue weighted by Crippen LogP contribution is 1.98. The number of anilines is 1. The Kier molecular flexibility index (Phi) is 4.19. The van der Waals surface area contributed by atoms with Crippen LogP contribution in [0.4, 0.5) is 10.3 Å². The monoisotopic (exact) mass is 254 g/mol. The van der Waals surface area contributed by atoms with Crippen LogP contribution in [0.25, 0.3) is 0 Å². The van der Waals surface area contributed by atoms with Crippen molar-refractivity contribution in [3.63, 3.8) is 0 Å². The standard InChI is InChI=1S/C14H11FN4/c1-11(7-8-12-5-3-2-4-6-12)18-19-14-16-9-13(15)10-17-14/h2-6,9-10H,1H3,(H,16,17,19)/b18-11-. The lowest BCUT2D eigenvalue weighted by Gasteiger charge is -1.96. The molecule has 0 atom stereocenters. The van der Waals surface area contributed by atoms with Crippen LogP contribution in [0.2, 0.25) is 0 Å². The molecular formula is C14H11FN4. The summed E-state index contributed by atoms with van der Waals surface area (Å²) in [5.74, 6) is 5.59. The Morgan fingerprint density at radius 3 is 2.58 bits per heavy atom. The van der Waals surface area contributed by atoms with Gasteiger partial charge in [0.25, 0.3) is 0 Å². The lowest BCUT2D eigenvalue weighted by atomic mass is 10.2. The Balaban J connectivity index is 2.00. The molecule has 1 heterocycles. The molecule has 0 unspecified atom stereocenters. The molecule has 0 spiro atoms. The number of hydrogen-bond donors (Lipinski definition) is 1. The topological polar surface area (TPSA) is 50.2 Å². The van der Waals surface area contributed by atoms with Gasteiger partial charge in [-0.2, -0.15) is 5.10 Å². The van der Waals surface area contributed by atoms with Crippen molar-refractivity contribution >= 4 is 11.7 Å². The van der Waals surface area contributed by atoms with Crippen molar-refractivity contribution < 1.29 is 4.39 Å². The van der Waals surface area contributed by atoms with Crippen LogP contribution in [0.5, 0.6) is 0 Å². The number of aromatic nitrogens is 2. The fourth-order valence-electron chi connectivity index (χ4n) is 1.22. The fraction of sp³-hybridized carbons (Fsp3) is 0.0714. The highest BCUT2D eigenvalue weighted by atomic mass is 19.1. The first-order valence-electron chi connectivity index (χ1n) is 5.59. The molecule has 4 nitrogen and oxygen atoms in total. The number of nitrogens with zero attached hydrogens (tertiary/aromatic N) is 3. The summed E-state index contributed by atoms with van der Waals surface area (Å²) >= 11 is 0. The SMILES string of the molecule is C/C(C#Cc1ccccc1)=N/Nc1ncc(F)cn1. The van der Waals surface area contributed by atoms with Gasteiger partial charge >= 0.3 is 0 Å². The lowest BCUT2D eigenvalue weighted by molar-refractivity contribution is 0.614. The van der Waals surface area contributed by atoms with Crippen LogP contribution < -0.4 is 5.43 Å². The summed E-state index contributed by atoms with van der Waals surface area (Å²) in [6, 6.07) is 9.59. The van der Waals surface area contributed by atoms with E-state index in [1.54, 1.807) is 6.92 Å². The maximum Gasteiger partial charge on any atom is 0.243 e. The van der Waals surface area contributed by atoms with E-state index in [-0.39, 0.29) is 5.95 Å². The predicted molar refractivity (Wildman–Crippen MR) is 72.0 cm³/mol. The average Bonchev–Trinajstić information content (AvgIpc) is 2.45. The van der Waals surface area contributed by atoms with Crippen molar-refractivity contribution in [3.05, 3.63) is 54.1 Å². The van der Waals surface area contributed by atoms with Crippen LogP contribution >= 0.6 is 0 Å². The molecule has 19 heavy (non-hydrogen) atoms. The van der Waals surface area contributed by atoms with Crippen molar-refractivity contribution in [1.82, 2.24) is 9.97 Å². The number of rotatable bonds is 2. The zero-order chi connectivity index (χ0) is 13.5. The Bertz CT molecular complexity index is 624. The number of hydrazone groups is 1. The normalized spacial score (nSPS) is 10.5. The van der Waals surface area contributed by atoms with E-state index in [2.05, 4.69) is 32.3 Å². The van der Waals surface area contributed by atoms with Crippen LogP contribution in [0.1, 0.15) is 12.5 Å². The summed E-state index contributed by atoms with van der Waals surface area (Å²) < 4.78 is 12.6. The minimum Gasteiger partial charge on any atom is -0.244 e. The molecule has 0 amide bonds. The summed E-state index contributed by atoms with van der Waals surface area (Å²) in [7, 11) is 0. The second-order valence-electron chi connectivity index (χ2n) is 3.65. The molecule has 0 aliphatic heterocycles. The highest BCUT2D eigenvalue weighted by molar-refractivity contribution is 5.99. The van der Waals surface area contributed by atoms with E-state index in [4.69, 9.17) is 0 Å². The van der Waals surface area contributed by atoms with Gasteiger partial charge in [0, 0.05) is 5.56 Å². The molecular weight excluding hydrogens is 243 g/mol. The highest BCUT2D eigenvalue weighted by Gasteiger charge is 1.94. The maximum absolute atomic E-state index is 12.6. The zero-order valence-corrected chi connectivity index (χ0v) is 10.3. The van der Waals surface area contributed by atoms with E-state index < -0.39 is 5.82 Å². The summed E-state index contributed by atoms with van der Waals surface area (Å²) in [5.41, 5.74) is 4.10. The summed E-state index contributed by atoms with van der Waals surface area (Å²) in [4.78, 5) is 7.43. The van der Waals surface area contributed by atoms with Gasteiger partial charge in [-0.05, 0) is 25.0 Å². The summed E-state index contributed by atoms with van der Waals surface area (Å²) in [6.45, 7) is 1.76. The molecule has 94 valence electrons. The van der Waals surface area contributed by atoms with Gasteiger partial charge in [0.15, 0.2) is 5.82 Å². The van der Waals surface area contributed by atoms with E-state index in [9.17, 15) is 4.39 Å². The second-order valence-corrected chi connectivity index (χ2v) is 3.65. The number of nitrogens with one attached hydrogen (secondary N) is 1. The molecule has 0 fully saturated rings. The molecule has 2 rings (SSSR count). The third kappa shape index (κ3) is 4.21. The van der Waals surface area contributed by atoms with E-state index in [1.165, 1.54) is 0 Å². The van der Waals surface area contributed by atoms with Gasteiger partial charge in [0.1, 0.15) is 5.71 Å². The smallest absolute Gasteiger partial charge is 0.243 e. The minimum atomic E-state index is -0.491. The van der Waals surface area contributed by atoms with Gasteiger partial charge in [-0.25, -0.2) is 19.8 Å². The van der Waals surface area contributed by atoms with Gasteiger partial charge in [-0.1, -0.05) is 24.1 Å². The molecule has 0 bridgehead atoms. The van der Waals surface area contributed by atoms with Crippen LogP contribution in [0, 0.1) is 17.7 Å². The second kappa shape index (κ2) is 6.26. The van der Waals surface area contributed by atoms with Gasteiger partial charge < -0.3 is 0 Å². The molecule has 0 aliphatic carbocycles. The first-order chi connectivity index (χ1) is 9.24. The Hall–Kier alpha value is -2.74. The number of halogens is 1. The van der Waals surface area contributed by atoms with Gasteiger partial charge in [-0.3, -0.25) is 0 Å². The molecule has 0 saturated carbocycles. The first-order valence-corrected chi connectivity index (χ1v) is 5.59. The van der Waals surface area contributed by atoms with Gasteiger partial charge in [0.05, 0.1) is 12.4 Å². The molecule has 2 aromatic rings. The lowest BCUT2D eigenvalue weighted by Crippen LogP contribution is -1.99. The number of benzene rings is 1. The van der Waals surface area contributed by atoms with E-state index in [0.717, 1.165) is 18.0 Å². The zero-order valence-electron chi connectivity index (χ0n) is 10.3. The van der Waals surface area contributed by atoms with Crippen molar-refractivity contribution in [3.8, 4) is 11.8 Å². The molecule has 0 aliphatic rings. The van der Waals surface area contributed by atoms with Gasteiger partial charge in [-0.15, -0.1) is 0 Å². The van der Waals surface area contributed by atoms with E-state index in [0.29, 0.717) is 5.71 Å². The van der Waals surface area contributed by atoms with Crippen LogP contribution in [-0.4, -0.2) is 15.7 Å². The van der Waals surface area contributed by atoms with Crippen molar-refractivity contribution in [2.45, 2.75) is 6.92 Å². The maximum atomic E-state index is 12.6. The summed E-state index contributed by atoms with van der Waals surface area (Å²) in [6.07, 6.45) is 2.13. The Morgan fingerprint density at radius 1 is 1.21 bits per heavy atom. The molecule has 1 aromatic carbocycles. The largest absolute Gasteiger partial charge is 0.244 e. The number of hydrogen-bond acceptors (Lipinski definition) is 4. The Labute approximate surface area is 110 Å². The third-order valence-corrected chi connectivity index (χ3v) is 2.11.